The Labute approximate surface area is 245 Å². The summed E-state index contributed by atoms with van der Waals surface area (Å²) in [7, 11) is -3.88. The average Bonchev–Trinajstić information content (AvgIpc) is 2.92. The molecule has 0 saturated heterocycles. The van der Waals surface area contributed by atoms with Crippen LogP contribution < -0.4 is 14.4 Å². The predicted molar refractivity (Wildman–Crippen MR) is 160 cm³/mol. The Morgan fingerprint density at radius 2 is 1.50 bits per heavy atom. The summed E-state index contributed by atoms with van der Waals surface area (Å²) in [5.74, 6) is 0.216. The van der Waals surface area contributed by atoms with Crippen LogP contribution in [0.1, 0.15) is 32.3 Å². The Morgan fingerprint density at radius 3 is 2.05 bits per heavy atom. The van der Waals surface area contributed by atoms with E-state index in [1.54, 1.807) is 61.5 Å². The Bertz CT molecular complexity index is 1380. The van der Waals surface area contributed by atoms with Crippen LogP contribution in [-0.4, -0.2) is 50.5 Å². The van der Waals surface area contributed by atoms with Gasteiger partial charge >= 0.3 is 0 Å². The number of benzene rings is 3. The van der Waals surface area contributed by atoms with Crippen molar-refractivity contribution in [3.8, 4) is 11.5 Å². The number of ether oxygens (including phenoxy) is 1. The number of sulfonamides is 1. The molecule has 2 amide bonds. The number of hydrogen-bond donors (Lipinski definition) is 1. The van der Waals surface area contributed by atoms with Gasteiger partial charge in [-0.15, -0.1) is 0 Å². The van der Waals surface area contributed by atoms with Gasteiger partial charge < -0.3 is 15.0 Å². The summed E-state index contributed by atoms with van der Waals surface area (Å²) in [4.78, 5) is 28.2. The van der Waals surface area contributed by atoms with E-state index in [0.29, 0.717) is 40.1 Å². The van der Waals surface area contributed by atoms with Crippen molar-refractivity contribution in [2.75, 3.05) is 23.7 Å². The zero-order valence-electron chi connectivity index (χ0n) is 22.6. The lowest BCUT2D eigenvalue weighted by atomic mass is 10.1. The first-order chi connectivity index (χ1) is 19.0. The molecule has 8 nitrogen and oxygen atoms in total. The van der Waals surface area contributed by atoms with E-state index in [0.717, 1.165) is 17.0 Å². The van der Waals surface area contributed by atoms with Gasteiger partial charge in [0.05, 0.1) is 11.9 Å². The lowest BCUT2D eigenvalue weighted by Gasteiger charge is -2.33. The predicted octanol–water partition coefficient (Wildman–Crippen LogP) is 5.89. The number of para-hydroxylation sites is 1. The van der Waals surface area contributed by atoms with Crippen LogP contribution in [0, 0.1) is 0 Å². The van der Waals surface area contributed by atoms with E-state index in [2.05, 4.69) is 5.32 Å². The lowest BCUT2D eigenvalue weighted by molar-refractivity contribution is -0.140. The number of rotatable bonds is 13. The molecule has 0 spiro atoms. The van der Waals surface area contributed by atoms with Crippen molar-refractivity contribution >= 4 is 50.7 Å². The van der Waals surface area contributed by atoms with Gasteiger partial charge in [0.15, 0.2) is 0 Å². The molecule has 0 aromatic heterocycles. The second kappa shape index (κ2) is 14.4. The molecule has 214 valence electrons. The van der Waals surface area contributed by atoms with E-state index in [-0.39, 0.29) is 18.1 Å². The summed E-state index contributed by atoms with van der Waals surface area (Å²) in [6.07, 6.45) is 2.04. The zero-order chi connectivity index (χ0) is 29.3. The first-order valence-electron chi connectivity index (χ1n) is 12.9. The normalized spacial score (nSPS) is 11.9. The molecular formula is C29H33Cl2N3O5S. The van der Waals surface area contributed by atoms with Gasteiger partial charge in [0.25, 0.3) is 0 Å². The third-order valence-corrected chi connectivity index (χ3v) is 7.96. The molecule has 0 heterocycles. The molecule has 1 atom stereocenters. The van der Waals surface area contributed by atoms with Crippen LogP contribution >= 0.6 is 23.2 Å². The summed E-state index contributed by atoms with van der Waals surface area (Å²) < 4.78 is 32.5. The largest absolute Gasteiger partial charge is 0.457 e. The Hall–Kier alpha value is -3.27. The van der Waals surface area contributed by atoms with Gasteiger partial charge in [-0.25, -0.2) is 8.42 Å². The van der Waals surface area contributed by atoms with Crippen molar-refractivity contribution in [2.24, 2.45) is 0 Å². The molecule has 0 fully saturated rings. The van der Waals surface area contributed by atoms with E-state index in [9.17, 15) is 18.0 Å². The minimum atomic E-state index is -3.88. The highest BCUT2D eigenvalue weighted by Crippen LogP contribution is 2.29. The molecule has 11 heteroatoms. The number of nitrogens with one attached hydrogen (secondary N) is 1. The molecule has 1 N–H and O–H groups in total. The fraction of sp³-hybridized carbons (Fsp3) is 0.310. The summed E-state index contributed by atoms with van der Waals surface area (Å²) >= 11 is 12.8. The second-order valence-corrected chi connectivity index (χ2v) is 11.8. The minimum absolute atomic E-state index is 0.0726. The Balaban J connectivity index is 1.92. The molecule has 0 aliphatic carbocycles. The minimum Gasteiger partial charge on any atom is -0.457 e. The van der Waals surface area contributed by atoms with Crippen molar-refractivity contribution < 1.29 is 22.7 Å². The van der Waals surface area contributed by atoms with E-state index in [1.165, 1.54) is 4.90 Å². The first-order valence-corrected chi connectivity index (χ1v) is 15.5. The third-order valence-electron chi connectivity index (χ3n) is 6.11. The monoisotopic (exact) mass is 605 g/mol. The molecule has 0 radical (unpaired) electrons. The van der Waals surface area contributed by atoms with Crippen LogP contribution in [0.5, 0.6) is 11.5 Å². The summed E-state index contributed by atoms with van der Waals surface area (Å²) in [6, 6.07) is 19.6. The SMILES string of the molecule is CCCNC(=O)C(CC)N(Cc1c(Cl)cccc1Cl)C(=O)CN(c1ccc(Oc2ccccc2)cc1)S(C)(=O)=O. The number of halogens is 2. The van der Waals surface area contributed by atoms with E-state index < -0.39 is 28.5 Å². The molecule has 0 aliphatic rings. The number of carbonyl (C=O) groups is 2. The number of anilines is 1. The Kier molecular flexibility index (Phi) is 11.2. The maximum atomic E-state index is 13.8. The molecular weight excluding hydrogens is 573 g/mol. The van der Waals surface area contributed by atoms with Gasteiger partial charge in [-0.05, 0) is 61.4 Å². The van der Waals surface area contributed by atoms with Crippen LogP contribution in [-0.2, 0) is 26.2 Å². The van der Waals surface area contributed by atoms with E-state index in [4.69, 9.17) is 27.9 Å². The third kappa shape index (κ3) is 8.36. The van der Waals surface area contributed by atoms with Crippen LogP contribution in [0.4, 0.5) is 5.69 Å². The maximum Gasteiger partial charge on any atom is 0.244 e. The van der Waals surface area contributed by atoms with Crippen molar-refractivity contribution in [2.45, 2.75) is 39.3 Å². The molecule has 3 aromatic rings. The maximum absolute atomic E-state index is 13.8. The standard InChI is InChI=1S/C29H33Cl2N3O5S/c1-4-18-32-29(36)27(5-2)33(19-24-25(30)12-9-13-26(24)31)28(35)20-34(40(3,37)38)21-14-16-23(17-15-21)39-22-10-7-6-8-11-22/h6-17,27H,4-5,18-20H2,1-3H3,(H,32,36). The highest BCUT2D eigenvalue weighted by atomic mass is 35.5. The quantitative estimate of drug-likeness (QED) is 0.262. The fourth-order valence-electron chi connectivity index (χ4n) is 4.06. The van der Waals surface area contributed by atoms with Gasteiger partial charge in [0.2, 0.25) is 21.8 Å². The van der Waals surface area contributed by atoms with Crippen LogP contribution in [0.15, 0.2) is 72.8 Å². The van der Waals surface area contributed by atoms with Crippen molar-refractivity contribution in [1.82, 2.24) is 10.2 Å². The number of amides is 2. The summed E-state index contributed by atoms with van der Waals surface area (Å²) in [6.45, 7) is 3.55. The Morgan fingerprint density at radius 1 is 0.900 bits per heavy atom. The highest BCUT2D eigenvalue weighted by molar-refractivity contribution is 7.92. The second-order valence-electron chi connectivity index (χ2n) is 9.12. The lowest BCUT2D eigenvalue weighted by Crippen LogP contribution is -2.52. The number of carbonyl (C=O) groups excluding carboxylic acids is 2. The van der Waals surface area contributed by atoms with Gasteiger partial charge in [-0.1, -0.05) is 61.3 Å². The molecule has 40 heavy (non-hydrogen) atoms. The molecule has 3 rings (SSSR count). The van der Waals surface area contributed by atoms with Crippen LogP contribution in [0.3, 0.4) is 0 Å². The zero-order valence-corrected chi connectivity index (χ0v) is 25.0. The number of nitrogens with zero attached hydrogens (tertiary/aromatic N) is 2. The van der Waals surface area contributed by atoms with Crippen molar-refractivity contribution in [3.05, 3.63) is 88.4 Å². The van der Waals surface area contributed by atoms with Gasteiger partial charge in [0.1, 0.15) is 24.1 Å². The van der Waals surface area contributed by atoms with Crippen molar-refractivity contribution in [3.63, 3.8) is 0 Å². The molecule has 0 aliphatic heterocycles. The summed E-state index contributed by atoms with van der Waals surface area (Å²) in [5.41, 5.74) is 0.740. The van der Waals surface area contributed by atoms with Crippen LogP contribution in [0.2, 0.25) is 10.0 Å². The highest BCUT2D eigenvalue weighted by Gasteiger charge is 2.32. The van der Waals surface area contributed by atoms with Gasteiger partial charge in [-0.2, -0.15) is 0 Å². The van der Waals surface area contributed by atoms with E-state index in [1.807, 2.05) is 25.1 Å². The molecule has 0 bridgehead atoms. The molecule has 1 unspecified atom stereocenters. The fourth-order valence-corrected chi connectivity index (χ4v) is 5.42. The number of hydrogen-bond acceptors (Lipinski definition) is 5. The smallest absolute Gasteiger partial charge is 0.244 e. The molecule has 0 saturated carbocycles. The van der Waals surface area contributed by atoms with Crippen molar-refractivity contribution in [1.29, 1.82) is 0 Å². The van der Waals surface area contributed by atoms with Crippen LogP contribution in [0.25, 0.3) is 0 Å². The first kappa shape index (κ1) is 31.3. The average molecular weight is 607 g/mol. The molecule has 3 aromatic carbocycles. The topological polar surface area (TPSA) is 96.0 Å². The van der Waals surface area contributed by atoms with E-state index >= 15 is 0 Å². The summed E-state index contributed by atoms with van der Waals surface area (Å²) in [5, 5.41) is 3.50. The van der Waals surface area contributed by atoms with Gasteiger partial charge in [-0.3, -0.25) is 13.9 Å². The van der Waals surface area contributed by atoms with Gasteiger partial charge in [0, 0.05) is 28.7 Å².